The van der Waals surface area contributed by atoms with Gasteiger partial charge in [-0.2, -0.15) is 0 Å². The molecule has 4 aliphatic rings. The molecule has 4 heteroatoms. The summed E-state index contributed by atoms with van der Waals surface area (Å²) in [5.41, 5.74) is 4.49. The summed E-state index contributed by atoms with van der Waals surface area (Å²) in [6.45, 7) is 3.90. The number of nitrogens with zero attached hydrogens (tertiary/aromatic N) is 2. The fourth-order valence-corrected chi connectivity index (χ4v) is 7.29. The summed E-state index contributed by atoms with van der Waals surface area (Å²) in [5, 5.41) is 2.79. The number of piperidine rings is 1. The van der Waals surface area contributed by atoms with E-state index in [0.29, 0.717) is 18.9 Å². The van der Waals surface area contributed by atoms with Crippen molar-refractivity contribution in [1.29, 1.82) is 0 Å². The molecule has 3 aromatic carbocycles. The molecule has 1 saturated carbocycles. The van der Waals surface area contributed by atoms with E-state index in [1.165, 1.54) is 21.9 Å². The number of benzene rings is 3. The summed E-state index contributed by atoms with van der Waals surface area (Å²) >= 11 is 0. The maximum Gasteiger partial charge on any atom is 0.238 e. The number of likely N-dealkylation sites (tertiary alicyclic amines) is 1. The number of Topliss-reactive ketones (excluding diaryl/α,β-unsaturated/α-hetero) is 1. The average Bonchev–Trinajstić information content (AvgIpc) is 3.46. The van der Waals surface area contributed by atoms with E-state index in [9.17, 15) is 9.59 Å². The maximum absolute atomic E-state index is 13.8. The Kier molecular flexibility index (Phi) is 4.35. The highest BCUT2D eigenvalue weighted by atomic mass is 16.2. The van der Waals surface area contributed by atoms with Crippen molar-refractivity contribution in [3.63, 3.8) is 0 Å². The fourth-order valence-electron chi connectivity index (χ4n) is 7.29. The number of ketones is 1. The standard InChI is InChI=1S/C30H30N2O2/c1-2-27(33)24-18-30(24)23-11-3-4-12-25(23)32(29(30)34)21-13-15-31(16-14-21)26-17-20-9-5-7-19-8-6-10-22(26)28(19)20/h3-12,21,24,26H,2,13-18H2,1H3. The number of amides is 1. The number of fused-ring (bicyclic) bond motifs is 2. The molecule has 3 unspecified atom stereocenters. The lowest BCUT2D eigenvalue weighted by molar-refractivity contribution is -0.125. The predicted octanol–water partition coefficient (Wildman–Crippen LogP) is 5.19. The maximum atomic E-state index is 13.8. The lowest BCUT2D eigenvalue weighted by Gasteiger charge is -2.40. The van der Waals surface area contributed by atoms with Gasteiger partial charge in [-0.15, -0.1) is 0 Å². The summed E-state index contributed by atoms with van der Waals surface area (Å²) in [6.07, 6.45) is 4.24. The third-order valence-corrected chi connectivity index (χ3v) is 9.04. The second kappa shape index (κ2) is 7.26. The van der Waals surface area contributed by atoms with Gasteiger partial charge in [0.1, 0.15) is 5.78 Å². The average molecular weight is 451 g/mol. The number of anilines is 1. The van der Waals surface area contributed by atoms with Crippen LogP contribution in [0.1, 0.15) is 55.3 Å². The molecule has 1 spiro atoms. The first-order chi connectivity index (χ1) is 16.6. The molecule has 0 radical (unpaired) electrons. The van der Waals surface area contributed by atoms with Crippen molar-refractivity contribution in [3.8, 4) is 0 Å². The molecule has 2 heterocycles. The largest absolute Gasteiger partial charge is 0.308 e. The summed E-state index contributed by atoms with van der Waals surface area (Å²) in [7, 11) is 0. The van der Waals surface area contributed by atoms with Crippen molar-refractivity contribution >= 4 is 28.2 Å². The van der Waals surface area contributed by atoms with E-state index in [1.807, 2.05) is 19.1 Å². The molecule has 0 aromatic heterocycles. The zero-order chi connectivity index (χ0) is 23.0. The van der Waals surface area contributed by atoms with E-state index in [0.717, 1.165) is 43.6 Å². The first kappa shape index (κ1) is 20.4. The Labute approximate surface area is 200 Å². The molecule has 7 rings (SSSR count). The number of para-hydroxylation sites is 1. The van der Waals surface area contributed by atoms with Crippen molar-refractivity contribution in [2.45, 2.75) is 56.5 Å². The minimum Gasteiger partial charge on any atom is -0.308 e. The molecule has 0 bridgehead atoms. The molecule has 3 aromatic rings. The third kappa shape index (κ3) is 2.63. The lowest BCUT2D eigenvalue weighted by Crippen LogP contribution is -2.48. The van der Waals surface area contributed by atoms with Crippen LogP contribution in [0.15, 0.2) is 60.7 Å². The van der Waals surface area contributed by atoms with Crippen molar-refractivity contribution in [2.24, 2.45) is 5.92 Å². The number of carbonyl (C=O) groups excluding carboxylic acids is 2. The molecule has 2 fully saturated rings. The fraction of sp³-hybridized carbons (Fsp3) is 0.400. The number of carbonyl (C=O) groups is 2. The van der Waals surface area contributed by atoms with Crippen LogP contribution in [-0.4, -0.2) is 35.7 Å². The van der Waals surface area contributed by atoms with Crippen LogP contribution in [0.25, 0.3) is 10.8 Å². The van der Waals surface area contributed by atoms with E-state index < -0.39 is 5.41 Å². The van der Waals surface area contributed by atoms with Crippen LogP contribution < -0.4 is 4.90 Å². The van der Waals surface area contributed by atoms with Gasteiger partial charge in [-0.05, 0) is 59.2 Å². The molecular formula is C30H30N2O2. The molecular weight excluding hydrogens is 420 g/mol. The molecule has 4 nitrogen and oxygen atoms in total. The highest BCUT2D eigenvalue weighted by molar-refractivity contribution is 6.14. The summed E-state index contributed by atoms with van der Waals surface area (Å²) in [6, 6.07) is 22.3. The predicted molar refractivity (Wildman–Crippen MR) is 134 cm³/mol. The van der Waals surface area contributed by atoms with Gasteiger partial charge in [0.2, 0.25) is 5.91 Å². The van der Waals surface area contributed by atoms with E-state index in [-0.39, 0.29) is 23.7 Å². The van der Waals surface area contributed by atoms with Crippen LogP contribution >= 0.6 is 0 Å². The van der Waals surface area contributed by atoms with Gasteiger partial charge in [-0.25, -0.2) is 0 Å². The molecule has 172 valence electrons. The zero-order valence-corrected chi connectivity index (χ0v) is 19.7. The van der Waals surface area contributed by atoms with Crippen molar-refractivity contribution in [1.82, 2.24) is 4.90 Å². The molecule has 2 aliphatic carbocycles. The minimum atomic E-state index is -0.580. The van der Waals surface area contributed by atoms with Gasteiger partial charge in [-0.3, -0.25) is 14.5 Å². The highest BCUT2D eigenvalue weighted by Gasteiger charge is 2.69. The Morgan fingerprint density at radius 2 is 1.76 bits per heavy atom. The van der Waals surface area contributed by atoms with Gasteiger partial charge in [0.15, 0.2) is 0 Å². The van der Waals surface area contributed by atoms with Crippen molar-refractivity contribution in [3.05, 3.63) is 77.4 Å². The quantitative estimate of drug-likeness (QED) is 0.550. The van der Waals surface area contributed by atoms with Crippen LogP contribution in [0.4, 0.5) is 5.69 Å². The first-order valence-electron chi connectivity index (χ1n) is 12.8. The van der Waals surface area contributed by atoms with Crippen LogP contribution in [0.5, 0.6) is 0 Å². The van der Waals surface area contributed by atoms with Crippen molar-refractivity contribution < 1.29 is 9.59 Å². The second-order valence-corrected chi connectivity index (χ2v) is 10.6. The van der Waals surface area contributed by atoms with Crippen LogP contribution in [0.3, 0.4) is 0 Å². The second-order valence-electron chi connectivity index (χ2n) is 10.6. The Morgan fingerprint density at radius 3 is 2.56 bits per heavy atom. The Hall–Kier alpha value is -2.98. The van der Waals surface area contributed by atoms with Gasteiger partial charge >= 0.3 is 0 Å². The summed E-state index contributed by atoms with van der Waals surface area (Å²) in [4.78, 5) is 31.1. The zero-order valence-electron chi connectivity index (χ0n) is 19.7. The number of rotatable bonds is 4. The van der Waals surface area contributed by atoms with Gasteiger partial charge in [-0.1, -0.05) is 61.5 Å². The van der Waals surface area contributed by atoms with Crippen LogP contribution in [0.2, 0.25) is 0 Å². The monoisotopic (exact) mass is 450 g/mol. The van der Waals surface area contributed by atoms with Gasteiger partial charge in [0, 0.05) is 43.2 Å². The Bertz CT molecular complexity index is 1330. The molecule has 1 saturated heterocycles. The highest BCUT2D eigenvalue weighted by Crippen LogP contribution is 2.63. The van der Waals surface area contributed by atoms with Crippen LogP contribution in [-0.2, 0) is 21.4 Å². The first-order valence-corrected chi connectivity index (χ1v) is 12.8. The lowest BCUT2D eigenvalue weighted by atomic mass is 9.93. The molecule has 1 amide bonds. The normalized spacial score (nSPS) is 28.1. The smallest absolute Gasteiger partial charge is 0.238 e. The SMILES string of the molecule is CCC(=O)C1CC12C(=O)N(C1CCN(C3Cc4cccc5cccc3c45)CC1)c1ccccc12. The third-order valence-electron chi connectivity index (χ3n) is 9.04. The van der Waals surface area contributed by atoms with Gasteiger partial charge < -0.3 is 4.90 Å². The Morgan fingerprint density at radius 1 is 1.00 bits per heavy atom. The molecule has 2 aliphatic heterocycles. The topological polar surface area (TPSA) is 40.6 Å². The molecule has 3 atom stereocenters. The van der Waals surface area contributed by atoms with E-state index in [1.54, 1.807) is 0 Å². The number of hydrogen-bond acceptors (Lipinski definition) is 3. The molecule has 34 heavy (non-hydrogen) atoms. The van der Waals surface area contributed by atoms with Crippen LogP contribution in [0, 0.1) is 5.92 Å². The van der Waals surface area contributed by atoms with E-state index >= 15 is 0 Å². The van der Waals surface area contributed by atoms with E-state index in [4.69, 9.17) is 0 Å². The summed E-state index contributed by atoms with van der Waals surface area (Å²) < 4.78 is 0. The van der Waals surface area contributed by atoms with E-state index in [2.05, 4.69) is 58.3 Å². The van der Waals surface area contributed by atoms with Crippen molar-refractivity contribution in [2.75, 3.05) is 18.0 Å². The molecule has 0 N–H and O–H groups in total. The van der Waals surface area contributed by atoms with Gasteiger partial charge in [0.25, 0.3) is 0 Å². The minimum absolute atomic E-state index is 0.131. The van der Waals surface area contributed by atoms with Gasteiger partial charge in [0.05, 0.1) is 5.41 Å². The Balaban J connectivity index is 1.13. The summed E-state index contributed by atoms with van der Waals surface area (Å²) in [5.74, 6) is 0.278. The number of hydrogen-bond donors (Lipinski definition) is 0.